The van der Waals surface area contributed by atoms with Gasteiger partial charge in [-0.15, -0.1) is 0 Å². The fourth-order valence-corrected chi connectivity index (χ4v) is 2.98. The van der Waals surface area contributed by atoms with E-state index in [4.69, 9.17) is 4.74 Å². The summed E-state index contributed by atoms with van der Waals surface area (Å²) in [5.74, 6) is -0.157. The second kappa shape index (κ2) is 6.80. The molecule has 0 N–H and O–H groups in total. The third kappa shape index (κ3) is 2.84. The van der Waals surface area contributed by atoms with Gasteiger partial charge in [0, 0.05) is 18.3 Å². The molecule has 5 heteroatoms. The Kier molecular flexibility index (Phi) is 4.19. The monoisotopic (exact) mass is 344 g/mol. The summed E-state index contributed by atoms with van der Waals surface area (Å²) < 4.78 is 5.86. The zero-order chi connectivity index (χ0) is 17.9. The van der Waals surface area contributed by atoms with E-state index in [0.29, 0.717) is 35.6 Å². The van der Waals surface area contributed by atoms with Gasteiger partial charge in [-0.1, -0.05) is 30.3 Å². The first kappa shape index (κ1) is 16.0. The summed E-state index contributed by atoms with van der Waals surface area (Å²) in [4.78, 5) is 30.8. The van der Waals surface area contributed by atoms with Crippen LogP contribution < -0.4 is 9.64 Å². The van der Waals surface area contributed by atoms with Gasteiger partial charge in [-0.05, 0) is 36.4 Å². The van der Waals surface area contributed by atoms with Crippen LogP contribution in [0.4, 0.5) is 5.69 Å². The Morgan fingerprint density at radius 3 is 2.15 bits per heavy atom. The van der Waals surface area contributed by atoms with Crippen LogP contribution in [0, 0.1) is 0 Å². The molecule has 1 aliphatic rings. The molecular formula is C21H16N2O3. The maximum Gasteiger partial charge on any atom is 0.266 e. The number of para-hydroxylation sites is 2. The lowest BCUT2D eigenvalue weighted by Crippen LogP contribution is -2.29. The predicted octanol–water partition coefficient (Wildman–Crippen LogP) is 3.50. The lowest BCUT2D eigenvalue weighted by Gasteiger charge is -2.18. The van der Waals surface area contributed by atoms with E-state index >= 15 is 0 Å². The van der Waals surface area contributed by atoms with Crippen molar-refractivity contribution in [2.45, 2.75) is 6.42 Å². The predicted molar refractivity (Wildman–Crippen MR) is 97.5 cm³/mol. The number of nitrogens with zero attached hydrogens (tertiary/aromatic N) is 2. The molecule has 3 aromatic rings. The molecule has 128 valence electrons. The van der Waals surface area contributed by atoms with Crippen LogP contribution in [0.2, 0.25) is 0 Å². The Balaban J connectivity index is 1.57. The van der Waals surface area contributed by atoms with Gasteiger partial charge in [-0.25, -0.2) is 4.90 Å². The summed E-state index contributed by atoms with van der Waals surface area (Å²) >= 11 is 0. The molecule has 0 atom stereocenters. The van der Waals surface area contributed by atoms with Crippen LogP contribution in [0.5, 0.6) is 5.75 Å². The minimum absolute atomic E-state index is 0.327. The highest BCUT2D eigenvalue weighted by Gasteiger charge is 2.37. The van der Waals surface area contributed by atoms with Crippen LogP contribution in [0.3, 0.4) is 0 Å². The second-order valence-electron chi connectivity index (χ2n) is 5.88. The average Bonchev–Trinajstić information content (AvgIpc) is 2.94. The molecule has 0 saturated heterocycles. The molecule has 1 aromatic heterocycles. The Labute approximate surface area is 150 Å². The van der Waals surface area contributed by atoms with Gasteiger partial charge in [0.1, 0.15) is 5.75 Å². The quantitative estimate of drug-likeness (QED) is 0.665. The maximum atomic E-state index is 12.7. The Bertz CT molecular complexity index is 935. The minimum atomic E-state index is -0.327. The maximum absolute atomic E-state index is 12.7. The molecule has 2 aromatic carbocycles. The van der Waals surface area contributed by atoms with Gasteiger partial charge in [0.05, 0.1) is 23.4 Å². The number of aromatic nitrogens is 1. The molecular weight excluding hydrogens is 328 g/mol. The molecule has 0 saturated carbocycles. The van der Waals surface area contributed by atoms with Gasteiger partial charge in [0.15, 0.2) is 0 Å². The number of hydrogen-bond donors (Lipinski definition) is 0. The van der Waals surface area contributed by atoms with Crippen molar-refractivity contribution in [3.63, 3.8) is 0 Å². The van der Waals surface area contributed by atoms with Crippen molar-refractivity contribution in [2.24, 2.45) is 0 Å². The van der Waals surface area contributed by atoms with Gasteiger partial charge >= 0.3 is 0 Å². The van der Waals surface area contributed by atoms with Crippen molar-refractivity contribution >= 4 is 17.5 Å². The highest BCUT2D eigenvalue weighted by atomic mass is 16.5. The first-order valence-electron chi connectivity index (χ1n) is 8.35. The number of anilines is 1. The summed E-state index contributed by atoms with van der Waals surface area (Å²) in [5, 5.41) is 0. The molecule has 26 heavy (non-hydrogen) atoms. The molecule has 0 aliphatic carbocycles. The number of pyridine rings is 1. The first-order chi connectivity index (χ1) is 12.8. The standard InChI is InChI=1S/C21H16N2O3/c24-20-16-8-1-2-9-17(16)21(25)23(20)18-10-3-4-11-19(18)26-14-12-15-7-5-6-13-22-15/h1-11,13H,12,14H2. The lowest BCUT2D eigenvalue weighted by molar-refractivity contribution is 0.0925. The van der Waals surface area contributed by atoms with E-state index in [1.165, 1.54) is 4.90 Å². The third-order valence-electron chi connectivity index (χ3n) is 4.24. The first-order valence-corrected chi connectivity index (χ1v) is 8.35. The number of amides is 2. The third-order valence-corrected chi connectivity index (χ3v) is 4.24. The number of carbonyl (C=O) groups excluding carboxylic acids is 2. The highest BCUT2D eigenvalue weighted by Crippen LogP contribution is 2.34. The number of fused-ring (bicyclic) bond motifs is 1. The van der Waals surface area contributed by atoms with Crippen molar-refractivity contribution in [2.75, 3.05) is 11.5 Å². The molecule has 0 unspecified atom stereocenters. The number of ether oxygens (including phenoxy) is 1. The molecule has 4 rings (SSSR count). The van der Waals surface area contributed by atoms with Gasteiger partial charge in [0.2, 0.25) is 0 Å². The largest absolute Gasteiger partial charge is 0.491 e. The van der Waals surface area contributed by atoms with Crippen LogP contribution in [0.25, 0.3) is 0 Å². The Morgan fingerprint density at radius 2 is 1.46 bits per heavy atom. The van der Waals surface area contributed by atoms with E-state index in [-0.39, 0.29) is 11.8 Å². The van der Waals surface area contributed by atoms with E-state index in [2.05, 4.69) is 4.98 Å². The van der Waals surface area contributed by atoms with Crippen LogP contribution in [-0.4, -0.2) is 23.4 Å². The van der Waals surface area contributed by atoms with Crippen LogP contribution in [-0.2, 0) is 6.42 Å². The fraction of sp³-hybridized carbons (Fsp3) is 0.0952. The molecule has 0 fully saturated rings. The summed E-state index contributed by atoms with van der Waals surface area (Å²) in [6.45, 7) is 0.400. The van der Waals surface area contributed by atoms with E-state index in [1.54, 1.807) is 48.7 Å². The molecule has 2 amide bonds. The number of imide groups is 1. The lowest BCUT2D eigenvalue weighted by atomic mass is 10.1. The van der Waals surface area contributed by atoms with E-state index in [9.17, 15) is 9.59 Å². The van der Waals surface area contributed by atoms with Crippen molar-refractivity contribution in [1.82, 2.24) is 4.98 Å². The molecule has 0 bridgehead atoms. The molecule has 0 radical (unpaired) electrons. The van der Waals surface area contributed by atoms with E-state index < -0.39 is 0 Å². The zero-order valence-electron chi connectivity index (χ0n) is 14.0. The number of hydrogen-bond acceptors (Lipinski definition) is 4. The zero-order valence-corrected chi connectivity index (χ0v) is 14.0. The van der Waals surface area contributed by atoms with Crippen LogP contribution in [0.15, 0.2) is 72.9 Å². The van der Waals surface area contributed by atoms with Crippen molar-refractivity contribution < 1.29 is 14.3 Å². The number of rotatable bonds is 5. The summed E-state index contributed by atoms with van der Waals surface area (Å²) in [6.07, 6.45) is 2.37. The normalized spacial score (nSPS) is 13.0. The van der Waals surface area contributed by atoms with Crippen molar-refractivity contribution in [1.29, 1.82) is 0 Å². The van der Waals surface area contributed by atoms with E-state index in [0.717, 1.165) is 5.69 Å². The molecule has 5 nitrogen and oxygen atoms in total. The smallest absolute Gasteiger partial charge is 0.266 e. The van der Waals surface area contributed by atoms with Gasteiger partial charge in [-0.2, -0.15) is 0 Å². The van der Waals surface area contributed by atoms with Gasteiger partial charge < -0.3 is 4.74 Å². The Morgan fingerprint density at radius 1 is 0.808 bits per heavy atom. The SMILES string of the molecule is O=C1c2ccccc2C(=O)N1c1ccccc1OCCc1ccccn1. The number of carbonyl (C=O) groups is 2. The number of benzene rings is 2. The minimum Gasteiger partial charge on any atom is -0.491 e. The summed E-state index contributed by atoms with van der Waals surface area (Å²) in [6, 6.07) is 19.6. The van der Waals surface area contributed by atoms with Gasteiger partial charge in [-0.3, -0.25) is 14.6 Å². The second-order valence-corrected chi connectivity index (χ2v) is 5.88. The van der Waals surface area contributed by atoms with E-state index in [1.807, 2.05) is 24.3 Å². The molecule has 0 spiro atoms. The highest BCUT2D eigenvalue weighted by molar-refractivity contribution is 6.34. The molecule has 2 heterocycles. The average molecular weight is 344 g/mol. The summed E-state index contributed by atoms with van der Waals surface area (Å²) in [5.41, 5.74) is 2.21. The van der Waals surface area contributed by atoms with Crippen LogP contribution in [0.1, 0.15) is 26.4 Å². The van der Waals surface area contributed by atoms with Crippen molar-refractivity contribution in [3.05, 3.63) is 89.7 Å². The fourth-order valence-electron chi connectivity index (χ4n) is 2.98. The summed E-state index contributed by atoms with van der Waals surface area (Å²) in [7, 11) is 0. The van der Waals surface area contributed by atoms with Crippen molar-refractivity contribution in [3.8, 4) is 5.75 Å². The molecule has 1 aliphatic heterocycles. The topological polar surface area (TPSA) is 59.5 Å². The van der Waals surface area contributed by atoms with Crippen LogP contribution >= 0.6 is 0 Å². The van der Waals surface area contributed by atoms with Gasteiger partial charge in [0.25, 0.3) is 11.8 Å². The Hall–Kier alpha value is -3.47.